The highest BCUT2D eigenvalue weighted by atomic mass is 16.5. The smallest absolute Gasteiger partial charge is 0.337 e. The number of likely N-dealkylation sites (tertiary alicyclic amines) is 1. The number of nitrogens with zero attached hydrogens (tertiary/aromatic N) is 1. The number of benzene rings is 1. The van der Waals surface area contributed by atoms with Gasteiger partial charge in [0.15, 0.2) is 0 Å². The van der Waals surface area contributed by atoms with E-state index in [1.165, 1.54) is 19.6 Å². The second-order valence-electron chi connectivity index (χ2n) is 6.59. The van der Waals surface area contributed by atoms with E-state index >= 15 is 0 Å². The molecule has 2 heterocycles. The molecule has 1 aromatic heterocycles. The first-order valence-corrected chi connectivity index (χ1v) is 8.81. The first-order chi connectivity index (χ1) is 13.0. The van der Waals surface area contributed by atoms with Crippen LogP contribution in [0.3, 0.4) is 0 Å². The van der Waals surface area contributed by atoms with Crippen molar-refractivity contribution in [3.63, 3.8) is 0 Å². The van der Waals surface area contributed by atoms with E-state index in [1.807, 2.05) is 6.92 Å². The number of anilines is 1. The van der Waals surface area contributed by atoms with Crippen LogP contribution in [-0.4, -0.2) is 42.9 Å². The largest absolute Gasteiger partial charge is 0.472 e. The molecule has 0 spiro atoms. The molecule has 1 N–H and O–H groups in total. The highest BCUT2D eigenvalue weighted by Crippen LogP contribution is 2.23. The Labute approximate surface area is 157 Å². The first kappa shape index (κ1) is 18.7. The number of esters is 1. The Bertz CT molecular complexity index is 836. The number of hydrogen-bond acceptors (Lipinski definition) is 5. The molecule has 3 rings (SSSR count). The van der Waals surface area contributed by atoms with Crippen molar-refractivity contribution in [1.82, 2.24) is 4.90 Å². The molecule has 2 amide bonds. The Hall–Kier alpha value is -3.09. The van der Waals surface area contributed by atoms with Crippen LogP contribution in [0.5, 0.6) is 0 Å². The van der Waals surface area contributed by atoms with E-state index in [9.17, 15) is 14.4 Å². The molecule has 1 fully saturated rings. The molecule has 0 radical (unpaired) electrons. The van der Waals surface area contributed by atoms with Gasteiger partial charge in [0, 0.05) is 24.7 Å². The normalized spacial score (nSPS) is 14.7. The van der Waals surface area contributed by atoms with E-state index in [1.54, 1.807) is 29.2 Å². The number of nitrogens with one attached hydrogen (secondary N) is 1. The van der Waals surface area contributed by atoms with Gasteiger partial charge < -0.3 is 19.4 Å². The molecule has 0 saturated carbocycles. The van der Waals surface area contributed by atoms with E-state index in [0.717, 1.165) is 5.56 Å². The van der Waals surface area contributed by atoms with Crippen molar-refractivity contribution in [2.24, 2.45) is 5.92 Å². The molecule has 27 heavy (non-hydrogen) atoms. The third-order valence-electron chi connectivity index (χ3n) is 4.83. The zero-order valence-corrected chi connectivity index (χ0v) is 15.4. The average Bonchev–Trinajstić information content (AvgIpc) is 3.23. The summed E-state index contributed by atoms with van der Waals surface area (Å²) in [6.45, 7) is 2.89. The van der Waals surface area contributed by atoms with Crippen LogP contribution in [0.4, 0.5) is 5.69 Å². The van der Waals surface area contributed by atoms with Crippen LogP contribution >= 0.6 is 0 Å². The van der Waals surface area contributed by atoms with Gasteiger partial charge in [0.25, 0.3) is 5.91 Å². The van der Waals surface area contributed by atoms with Crippen molar-refractivity contribution in [3.8, 4) is 0 Å². The van der Waals surface area contributed by atoms with Crippen LogP contribution < -0.4 is 5.32 Å². The molecule has 7 heteroatoms. The molecular formula is C20H22N2O5. The highest BCUT2D eigenvalue weighted by molar-refractivity contribution is 5.96. The lowest BCUT2D eigenvalue weighted by atomic mass is 9.95. The molecule has 2 aromatic rings. The summed E-state index contributed by atoms with van der Waals surface area (Å²) in [6.07, 6.45) is 4.12. The second-order valence-corrected chi connectivity index (χ2v) is 6.59. The van der Waals surface area contributed by atoms with Crippen LogP contribution in [0.15, 0.2) is 41.2 Å². The number of furan rings is 1. The maximum atomic E-state index is 12.6. The Morgan fingerprint density at radius 2 is 1.89 bits per heavy atom. The zero-order valence-electron chi connectivity index (χ0n) is 15.4. The van der Waals surface area contributed by atoms with Gasteiger partial charge in [0.2, 0.25) is 5.91 Å². The number of ether oxygens (including phenoxy) is 1. The van der Waals surface area contributed by atoms with E-state index < -0.39 is 5.97 Å². The predicted octanol–water partition coefficient (Wildman–Crippen LogP) is 2.87. The summed E-state index contributed by atoms with van der Waals surface area (Å²) in [5.74, 6) is -0.708. The quantitative estimate of drug-likeness (QED) is 0.836. The van der Waals surface area contributed by atoms with Gasteiger partial charge in [-0.1, -0.05) is 0 Å². The Kier molecular flexibility index (Phi) is 5.59. The third-order valence-corrected chi connectivity index (χ3v) is 4.83. The number of amides is 2. The molecule has 1 aliphatic heterocycles. The van der Waals surface area contributed by atoms with Gasteiger partial charge in [-0.2, -0.15) is 0 Å². The zero-order chi connectivity index (χ0) is 19.4. The van der Waals surface area contributed by atoms with Crippen molar-refractivity contribution in [1.29, 1.82) is 0 Å². The summed E-state index contributed by atoms with van der Waals surface area (Å²) < 4.78 is 9.65. The number of methoxy groups -OCH3 is 1. The van der Waals surface area contributed by atoms with E-state index in [2.05, 4.69) is 5.32 Å². The minimum atomic E-state index is -0.411. The van der Waals surface area contributed by atoms with Crippen LogP contribution in [0.2, 0.25) is 0 Å². The van der Waals surface area contributed by atoms with Crippen molar-refractivity contribution in [3.05, 3.63) is 53.5 Å². The Morgan fingerprint density at radius 3 is 2.48 bits per heavy atom. The summed E-state index contributed by atoms with van der Waals surface area (Å²) in [4.78, 5) is 38.2. The van der Waals surface area contributed by atoms with Crippen LogP contribution in [0, 0.1) is 12.8 Å². The molecule has 142 valence electrons. The molecule has 0 bridgehead atoms. The molecule has 1 saturated heterocycles. The lowest BCUT2D eigenvalue weighted by molar-refractivity contribution is -0.121. The SMILES string of the molecule is COC(=O)c1ccc(NC(=O)C2CCN(C(=O)c3ccoc3)CC2)c(C)c1. The van der Waals surface area contributed by atoms with Crippen molar-refractivity contribution in [2.45, 2.75) is 19.8 Å². The monoisotopic (exact) mass is 370 g/mol. The highest BCUT2D eigenvalue weighted by Gasteiger charge is 2.28. The predicted molar refractivity (Wildman–Crippen MR) is 98.5 cm³/mol. The average molecular weight is 370 g/mol. The summed E-state index contributed by atoms with van der Waals surface area (Å²) >= 11 is 0. The van der Waals surface area contributed by atoms with Gasteiger partial charge in [-0.3, -0.25) is 9.59 Å². The summed E-state index contributed by atoms with van der Waals surface area (Å²) in [7, 11) is 1.33. The number of aryl methyl sites for hydroxylation is 1. The van der Waals surface area contributed by atoms with Gasteiger partial charge in [0.1, 0.15) is 6.26 Å². The third kappa shape index (κ3) is 4.19. The number of carbonyl (C=O) groups excluding carboxylic acids is 3. The fraction of sp³-hybridized carbons (Fsp3) is 0.350. The first-order valence-electron chi connectivity index (χ1n) is 8.81. The number of rotatable bonds is 4. The maximum absolute atomic E-state index is 12.6. The number of carbonyl (C=O) groups is 3. The molecule has 1 aromatic carbocycles. The van der Waals surface area contributed by atoms with Gasteiger partial charge in [-0.25, -0.2) is 4.79 Å². The van der Waals surface area contributed by atoms with Crippen molar-refractivity contribution < 1.29 is 23.5 Å². The Morgan fingerprint density at radius 1 is 1.15 bits per heavy atom. The van der Waals surface area contributed by atoms with Gasteiger partial charge in [-0.05, 0) is 49.6 Å². The fourth-order valence-corrected chi connectivity index (χ4v) is 3.20. The van der Waals surface area contributed by atoms with E-state index in [-0.39, 0.29) is 17.7 Å². The second kappa shape index (κ2) is 8.07. The maximum Gasteiger partial charge on any atom is 0.337 e. The topological polar surface area (TPSA) is 88.9 Å². The number of piperidine rings is 1. The van der Waals surface area contributed by atoms with Crippen molar-refractivity contribution in [2.75, 3.05) is 25.5 Å². The minimum absolute atomic E-state index is 0.0701. The standard InChI is InChI=1S/C20H22N2O5/c1-13-11-15(20(25)26-2)3-4-17(13)21-18(23)14-5-8-22(9-6-14)19(24)16-7-10-27-12-16/h3-4,7,10-12,14H,5-6,8-9H2,1-2H3,(H,21,23). The van der Waals surface area contributed by atoms with E-state index in [4.69, 9.17) is 9.15 Å². The van der Waals surface area contributed by atoms with Gasteiger partial charge in [-0.15, -0.1) is 0 Å². The number of hydrogen-bond donors (Lipinski definition) is 1. The Balaban J connectivity index is 1.57. The van der Waals surface area contributed by atoms with Crippen LogP contribution in [-0.2, 0) is 9.53 Å². The molecule has 0 unspecified atom stereocenters. The molecule has 7 nitrogen and oxygen atoms in total. The molecular weight excluding hydrogens is 348 g/mol. The van der Waals surface area contributed by atoms with Crippen LogP contribution in [0.25, 0.3) is 0 Å². The summed E-state index contributed by atoms with van der Waals surface area (Å²) in [5, 5.41) is 2.93. The van der Waals surface area contributed by atoms with Gasteiger partial charge >= 0.3 is 5.97 Å². The van der Waals surface area contributed by atoms with E-state index in [0.29, 0.717) is 42.7 Å². The molecule has 1 aliphatic rings. The lowest BCUT2D eigenvalue weighted by Crippen LogP contribution is -2.41. The van der Waals surface area contributed by atoms with Crippen molar-refractivity contribution >= 4 is 23.5 Å². The molecule has 0 aliphatic carbocycles. The summed E-state index contributed by atoms with van der Waals surface area (Å²) in [5.41, 5.74) is 2.43. The minimum Gasteiger partial charge on any atom is -0.472 e. The fourth-order valence-electron chi connectivity index (χ4n) is 3.20. The summed E-state index contributed by atoms with van der Waals surface area (Å²) in [6, 6.07) is 6.66. The van der Waals surface area contributed by atoms with Crippen LogP contribution in [0.1, 0.15) is 39.1 Å². The van der Waals surface area contributed by atoms with Gasteiger partial charge in [0.05, 0.1) is 24.5 Å². The molecule has 0 atom stereocenters. The lowest BCUT2D eigenvalue weighted by Gasteiger charge is -2.31.